The van der Waals surface area contributed by atoms with Crippen molar-refractivity contribution in [2.45, 2.75) is 6.92 Å². The largest absolute Gasteiger partial charge is 0.497 e. The molecule has 0 saturated heterocycles. The van der Waals surface area contributed by atoms with E-state index in [-0.39, 0.29) is 5.95 Å². The number of nitrogens with two attached hydrogens (primary N) is 1. The summed E-state index contributed by atoms with van der Waals surface area (Å²) in [6.07, 6.45) is 0. The SMILES string of the molecule is COc1ccc(-c2nc(N)nc(Nc3ccc(C)cc3)n2)cc1. The van der Waals surface area contributed by atoms with Gasteiger partial charge in [-0.25, -0.2) is 0 Å². The lowest BCUT2D eigenvalue weighted by Gasteiger charge is -2.08. The normalized spacial score (nSPS) is 10.3. The molecule has 0 aliphatic rings. The van der Waals surface area contributed by atoms with Gasteiger partial charge in [0.05, 0.1) is 7.11 Å². The average Bonchev–Trinajstić information content (AvgIpc) is 2.56. The van der Waals surface area contributed by atoms with Gasteiger partial charge in [-0.05, 0) is 43.3 Å². The van der Waals surface area contributed by atoms with E-state index in [9.17, 15) is 0 Å². The van der Waals surface area contributed by atoms with Crippen LogP contribution in [-0.2, 0) is 0 Å². The summed E-state index contributed by atoms with van der Waals surface area (Å²) in [4.78, 5) is 12.7. The van der Waals surface area contributed by atoms with Crippen LogP contribution in [0, 0.1) is 6.92 Å². The van der Waals surface area contributed by atoms with Crippen molar-refractivity contribution in [3.63, 3.8) is 0 Å². The number of nitrogens with one attached hydrogen (secondary N) is 1. The maximum atomic E-state index is 5.80. The molecular weight excluding hydrogens is 290 g/mol. The number of ether oxygens (including phenoxy) is 1. The number of aryl methyl sites for hydroxylation is 1. The molecule has 116 valence electrons. The van der Waals surface area contributed by atoms with Crippen molar-refractivity contribution in [1.29, 1.82) is 0 Å². The summed E-state index contributed by atoms with van der Waals surface area (Å²) in [5.41, 5.74) is 8.72. The molecule has 6 nitrogen and oxygen atoms in total. The van der Waals surface area contributed by atoms with Crippen molar-refractivity contribution >= 4 is 17.6 Å². The fourth-order valence-corrected chi connectivity index (χ4v) is 2.08. The minimum atomic E-state index is 0.167. The Morgan fingerprint density at radius 1 is 0.913 bits per heavy atom. The second-order valence-electron chi connectivity index (χ2n) is 5.06. The molecule has 2 aromatic carbocycles. The highest BCUT2D eigenvalue weighted by Crippen LogP contribution is 2.22. The number of hydrogen-bond donors (Lipinski definition) is 2. The van der Waals surface area contributed by atoms with Crippen LogP contribution in [0.3, 0.4) is 0 Å². The summed E-state index contributed by atoms with van der Waals surface area (Å²) < 4.78 is 5.15. The molecule has 1 heterocycles. The molecule has 0 spiro atoms. The van der Waals surface area contributed by atoms with Gasteiger partial charge in [-0.15, -0.1) is 0 Å². The lowest BCUT2D eigenvalue weighted by atomic mass is 10.2. The predicted molar refractivity (Wildman–Crippen MR) is 90.7 cm³/mol. The van der Waals surface area contributed by atoms with Gasteiger partial charge in [0.25, 0.3) is 0 Å². The maximum absolute atomic E-state index is 5.80. The van der Waals surface area contributed by atoms with Crippen LogP contribution in [0.4, 0.5) is 17.6 Å². The zero-order chi connectivity index (χ0) is 16.2. The van der Waals surface area contributed by atoms with Crippen molar-refractivity contribution in [2.24, 2.45) is 0 Å². The predicted octanol–water partition coefficient (Wildman–Crippen LogP) is 3.18. The summed E-state index contributed by atoms with van der Waals surface area (Å²) in [5.74, 6) is 1.86. The number of anilines is 3. The Kier molecular flexibility index (Phi) is 4.05. The van der Waals surface area contributed by atoms with E-state index in [0.29, 0.717) is 11.8 Å². The molecule has 0 saturated carbocycles. The first kappa shape index (κ1) is 14.8. The standard InChI is InChI=1S/C17H17N5O/c1-11-3-7-13(8-4-11)19-17-21-15(20-16(18)22-17)12-5-9-14(23-2)10-6-12/h3-10H,1-2H3,(H3,18,19,20,21,22). The van der Waals surface area contributed by atoms with E-state index >= 15 is 0 Å². The molecule has 0 amide bonds. The van der Waals surface area contributed by atoms with Crippen LogP contribution in [-0.4, -0.2) is 22.1 Å². The summed E-state index contributed by atoms with van der Waals surface area (Å²) in [6, 6.07) is 15.4. The zero-order valence-electron chi connectivity index (χ0n) is 12.9. The Hall–Kier alpha value is -3.15. The molecule has 1 aromatic heterocycles. The first-order valence-corrected chi connectivity index (χ1v) is 7.14. The molecule has 0 aliphatic heterocycles. The fourth-order valence-electron chi connectivity index (χ4n) is 2.08. The molecule has 0 radical (unpaired) electrons. The topological polar surface area (TPSA) is 86.0 Å². The van der Waals surface area contributed by atoms with Crippen molar-refractivity contribution in [1.82, 2.24) is 15.0 Å². The van der Waals surface area contributed by atoms with E-state index in [1.54, 1.807) is 7.11 Å². The van der Waals surface area contributed by atoms with Crippen molar-refractivity contribution in [2.75, 3.05) is 18.2 Å². The number of aromatic nitrogens is 3. The molecule has 3 N–H and O–H groups in total. The monoisotopic (exact) mass is 307 g/mol. The number of rotatable bonds is 4. The Bertz CT molecular complexity index is 800. The van der Waals surface area contributed by atoms with Gasteiger partial charge in [-0.3, -0.25) is 0 Å². The van der Waals surface area contributed by atoms with Crippen LogP contribution in [0.5, 0.6) is 5.75 Å². The third-order valence-corrected chi connectivity index (χ3v) is 3.31. The van der Waals surface area contributed by atoms with Gasteiger partial charge < -0.3 is 15.8 Å². The molecule has 3 rings (SSSR count). The van der Waals surface area contributed by atoms with Crippen LogP contribution in [0.25, 0.3) is 11.4 Å². The van der Waals surface area contributed by atoms with E-state index in [1.165, 1.54) is 5.56 Å². The van der Waals surface area contributed by atoms with Crippen molar-refractivity contribution in [3.8, 4) is 17.1 Å². The van der Waals surface area contributed by atoms with E-state index in [1.807, 2.05) is 55.5 Å². The highest BCUT2D eigenvalue weighted by Gasteiger charge is 2.07. The molecule has 3 aromatic rings. The van der Waals surface area contributed by atoms with E-state index in [0.717, 1.165) is 17.0 Å². The number of nitrogen functional groups attached to an aromatic ring is 1. The van der Waals surface area contributed by atoms with Gasteiger partial charge in [0, 0.05) is 11.3 Å². The molecule has 0 atom stereocenters. The average molecular weight is 307 g/mol. The lowest BCUT2D eigenvalue weighted by Crippen LogP contribution is -2.05. The van der Waals surface area contributed by atoms with E-state index in [2.05, 4.69) is 20.3 Å². The van der Waals surface area contributed by atoms with Crippen LogP contribution in [0.1, 0.15) is 5.56 Å². The number of hydrogen-bond acceptors (Lipinski definition) is 6. The smallest absolute Gasteiger partial charge is 0.232 e. The van der Waals surface area contributed by atoms with Crippen molar-refractivity contribution < 1.29 is 4.74 Å². The number of methoxy groups -OCH3 is 1. The second-order valence-corrected chi connectivity index (χ2v) is 5.06. The van der Waals surface area contributed by atoms with Gasteiger partial charge in [0.15, 0.2) is 5.82 Å². The second kappa shape index (κ2) is 6.31. The fraction of sp³-hybridized carbons (Fsp3) is 0.118. The van der Waals surface area contributed by atoms with Crippen LogP contribution in [0.15, 0.2) is 48.5 Å². The quantitative estimate of drug-likeness (QED) is 0.770. The first-order valence-electron chi connectivity index (χ1n) is 7.14. The van der Waals surface area contributed by atoms with Crippen LogP contribution >= 0.6 is 0 Å². The van der Waals surface area contributed by atoms with Gasteiger partial charge in [-0.2, -0.15) is 15.0 Å². The highest BCUT2D eigenvalue weighted by molar-refractivity contribution is 5.61. The highest BCUT2D eigenvalue weighted by atomic mass is 16.5. The minimum absolute atomic E-state index is 0.167. The van der Waals surface area contributed by atoms with E-state index in [4.69, 9.17) is 10.5 Å². The number of nitrogens with zero attached hydrogens (tertiary/aromatic N) is 3. The molecule has 23 heavy (non-hydrogen) atoms. The van der Waals surface area contributed by atoms with Gasteiger partial charge in [-0.1, -0.05) is 17.7 Å². The minimum Gasteiger partial charge on any atom is -0.497 e. The summed E-state index contributed by atoms with van der Waals surface area (Å²) in [5, 5.41) is 3.14. The Morgan fingerprint density at radius 3 is 2.26 bits per heavy atom. The molecule has 0 fully saturated rings. The lowest BCUT2D eigenvalue weighted by molar-refractivity contribution is 0.415. The van der Waals surface area contributed by atoms with Gasteiger partial charge in [0.2, 0.25) is 11.9 Å². The van der Waals surface area contributed by atoms with Gasteiger partial charge >= 0.3 is 0 Å². The molecule has 0 aliphatic carbocycles. The molecule has 0 bridgehead atoms. The summed E-state index contributed by atoms with van der Waals surface area (Å²) >= 11 is 0. The summed E-state index contributed by atoms with van der Waals surface area (Å²) in [7, 11) is 1.62. The Balaban J connectivity index is 1.90. The maximum Gasteiger partial charge on any atom is 0.232 e. The first-order chi connectivity index (χ1) is 11.1. The van der Waals surface area contributed by atoms with Gasteiger partial charge in [0.1, 0.15) is 5.75 Å². The van der Waals surface area contributed by atoms with Crippen LogP contribution < -0.4 is 15.8 Å². The Morgan fingerprint density at radius 2 is 1.61 bits per heavy atom. The number of benzene rings is 2. The van der Waals surface area contributed by atoms with Crippen molar-refractivity contribution in [3.05, 3.63) is 54.1 Å². The third-order valence-electron chi connectivity index (χ3n) is 3.31. The van der Waals surface area contributed by atoms with Crippen LogP contribution in [0.2, 0.25) is 0 Å². The zero-order valence-corrected chi connectivity index (χ0v) is 12.9. The van der Waals surface area contributed by atoms with E-state index < -0.39 is 0 Å². The molecular formula is C17H17N5O. The molecule has 0 unspecified atom stereocenters. The molecule has 6 heteroatoms. The summed E-state index contributed by atoms with van der Waals surface area (Å²) in [6.45, 7) is 2.03. The third kappa shape index (κ3) is 3.55. The Labute approximate surface area is 134 Å².